The number of halogens is 3. The maximum atomic E-state index is 13.3. The third kappa shape index (κ3) is 4.43. The van der Waals surface area contributed by atoms with E-state index in [1.54, 1.807) is 6.07 Å². The molecule has 21 heavy (non-hydrogen) atoms. The van der Waals surface area contributed by atoms with Gasteiger partial charge in [-0.15, -0.1) is 0 Å². The maximum absolute atomic E-state index is 13.3. The Balaban J connectivity index is 2.22. The second-order valence-electron chi connectivity index (χ2n) is 4.57. The summed E-state index contributed by atoms with van der Waals surface area (Å²) in [5, 5.41) is 3.98. The first-order chi connectivity index (χ1) is 10.1. The molecule has 2 aromatic rings. The lowest BCUT2D eigenvalue weighted by Crippen LogP contribution is -2.14. The summed E-state index contributed by atoms with van der Waals surface area (Å²) in [4.78, 5) is 1.59. The van der Waals surface area contributed by atoms with Crippen LogP contribution in [-0.4, -0.2) is 6.54 Å². The van der Waals surface area contributed by atoms with Gasteiger partial charge in [-0.3, -0.25) is 0 Å². The molecule has 1 N–H and O–H groups in total. The number of benzene rings is 2. The fourth-order valence-electron chi connectivity index (χ4n) is 1.86. The van der Waals surface area contributed by atoms with Crippen molar-refractivity contribution in [1.82, 2.24) is 5.32 Å². The molecule has 0 bridgehead atoms. The highest BCUT2D eigenvalue weighted by molar-refractivity contribution is 7.99. The van der Waals surface area contributed by atoms with Crippen LogP contribution in [0.25, 0.3) is 0 Å². The Morgan fingerprint density at radius 1 is 1.14 bits per heavy atom. The Hall–Kier alpha value is -1.10. The Kier molecular flexibility index (Phi) is 6.03. The van der Waals surface area contributed by atoms with Crippen LogP contribution in [0.4, 0.5) is 8.78 Å². The first-order valence-corrected chi connectivity index (χ1v) is 7.92. The van der Waals surface area contributed by atoms with Gasteiger partial charge in [-0.2, -0.15) is 0 Å². The molecule has 5 heteroatoms. The van der Waals surface area contributed by atoms with Gasteiger partial charge in [0.15, 0.2) is 11.6 Å². The smallest absolute Gasteiger partial charge is 0.159 e. The molecule has 0 spiro atoms. The molecule has 0 aliphatic heterocycles. The first-order valence-electron chi connectivity index (χ1n) is 6.73. The normalized spacial score (nSPS) is 10.9. The van der Waals surface area contributed by atoms with Crippen LogP contribution >= 0.6 is 23.4 Å². The summed E-state index contributed by atoms with van der Waals surface area (Å²) >= 11 is 7.62. The highest BCUT2D eigenvalue weighted by Gasteiger charge is 2.10. The molecule has 1 nitrogen and oxygen atoms in total. The first kappa shape index (κ1) is 16.3. The summed E-state index contributed by atoms with van der Waals surface area (Å²) in [7, 11) is 0. The molecule has 0 saturated carbocycles. The van der Waals surface area contributed by atoms with E-state index < -0.39 is 11.6 Å². The van der Waals surface area contributed by atoms with E-state index in [0.29, 0.717) is 16.5 Å². The van der Waals surface area contributed by atoms with Gasteiger partial charge in [0.25, 0.3) is 0 Å². The molecule has 0 unspecified atom stereocenters. The number of hydrogen-bond acceptors (Lipinski definition) is 2. The van der Waals surface area contributed by atoms with Crippen molar-refractivity contribution in [1.29, 1.82) is 0 Å². The van der Waals surface area contributed by atoms with Crippen LogP contribution in [0.15, 0.2) is 46.2 Å². The molecule has 0 aliphatic carbocycles. The van der Waals surface area contributed by atoms with E-state index in [4.69, 9.17) is 11.6 Å². The molecule has 0 amide bonds. The van der Waals surface area contributed by atoms with Crippen molar-refractivity contribution in [2.24, 2.45) is 0 Å². The minimum atomic E-state index is -0.840. The lowest BCUT2D eigenvalue weighted by atomic mass is 10.2. The highest BCUT2D eigenvalue weighted by Crippen LogP contribution is 2.34. The third-order valence-electron chi connectivity index (χ3n) is 2.92. The number of nitrogens with one attached hydrogen (secondary N) is 1. The van der Waals surface area contributed by atoms with Gasteiger partial charge in [-0.1, -0.05) is 36.4 Å². The molecule has 2 rings (SSSR count). The molecule has 0 fully saturated rings. The SMILES string of the molecule is CCCNCc1c(Cl)cccc1Sc1ccc(F)c(F)c1. The van der Waals surface area contributed by atoms with Crippen molar-refractivity contribution in [3.8, 4) is 0 Å². The Bertz CT molecular complexity index is 619. The van der Waals surface area contributed by atoms with Crippen molar-refractivity contribution in [3.63, 3.8) is 0 Å². The predicted octanol–water partition coefficient (Wildman–Crippen LogP) is 5.27. The van der Waals surface area contributed by atoms with Crippen molar-refractivity contribution in [3.05, 3.63) is 58.6 Å². The lowest BCUT2D eigenvalue weighted by Gasteiger charge is -2.12. The van der Waals surface area contributed by atoms with Crippen LogP contribution in [0.3, 0.4) is 0 Å². The zero-order chi connectivity index (χ0) is 15.2. The van der Waals surface area contributed by atoms with E-state index in [-0.39, 0.29) is 0 Å². The average molecular weight is 328 g/mol. The number of hydrogen-bond donors (Lipinski definition) is 1. The molecular weight excluding hydrogens is 312 g/mol. The fourth-order valence-corrected chi connectivity index (χ4v) is 3.17. The van der Waals surface area contributed by atoms with Crippen molar-refractivity contribution in [2.45, 2.75) is 29.7 Å². The fraction of sp³-hybridized carbons (Fsp3) is 0.250. The second kappa shape index (κ2) is 7.78. The van der Waals surface area contributed by atoms with E-state index in [1.807, 2.05) is 18.2 Å². The van der Waals surface area contributed by atoms with Crippen LogP contribution in [0.2, 0.25) is 5.02 Å². The largest absolute Gasteiger partial charge is 0.313 e. The van der Waals surface area contributed by atoms with E-state index in [1.165, 1.54) is 17.8 Å². The molecule has 0 aromatic heterocycles. The molecule has 112 valence electrons. The van der Waals surface area contributed by atoms with E-state index in [0.717, 1.165) is 29.5 Å². The van der Waals surface area contributed by atoms with Crippen LogP contribution in [0, 0.1) is 11.6 Å². The summed E-state index contributed by atoms with van der Waals surface area (Å²) in [5.74, 6) is -1.68. The van der Waals surface area contributed by atoms with Gasteiger partial charge in [0, 0.05) is 21.4 Å². The summed E-state index contributed by atoms with van der Waals surface area (Å²) in [6.45, 7) is 3.65. The molecule has 0 aliphatic rings. The van der Waals surface area contributed by atoms with Crippen LogP contribution in [0.5, 0.6) is 0 Å². The topological polar surface area (TPSA) is 12.0 Å². The average Bonchev–Trinajstić information content (AvgIpc) is 2.46. The molecule has 2 aromatic carbocycles. The monoisotopic (exact) mass is 327 g/mol. The van der Waals surface area contributed by atoms with Crippen LogP contribution < -0.4 is 5.32 Å². The van der Waals surface area contributed by atoms with Gasteiger partial charge in [0.2, 0.25) is 0 Å². The highest BCUT2D eigenvalue weighted by atomic mass is 35.5. The van der Waals surface area contributed by atoms with Gasteiger partial charge in [-0.05, 0) is 48.9 Å². The molecule has 0 atom stereocenters. The zero-order valence-electron chi connectivity index (χ0n) is 11.6. The van der Waals surface area contributed by atoms with Crippen molar-refractivity contribution >= 4 is 23.4 Å². The maximum Gasteiger partial charge on any atom is 0.159 e. The van der Waals surface area contributed by atoms with Crippen molar-refractivity contribution < 1.29 is 8.78 Å². The number of rotatable bonds is 6. The minimum absolute atomic E-state index is 0.646. The second-order valence-corrected chi connectivity index (χ2v) is 6.09. The summed E-state index contributed by atoms with van der Waals surface area (Å²) in [5.41, 5.74) is 0.974. The third-order valence-corrected chi connectivity index (χ3v) is 4.37. The van der Waals surface area contributed by atoms with E-state index in [9.17, 15) is 8.78 Å². The molecule has 0 heterocycles. The predicted molar refractivity (Wildman–Crippen MR) is 83.9 cm³/mol. The van der Waals surface area contributed by atoms with Gasteiger partial charge in [0.1, 0.15) is 0 Å². The zero-order valence-corrected chi connectivity index (χ0v) is 13.2. The summed E-state index contributed by atoms with van der Waals surface area (Å²) in [6, 6.07) is 9.52. The summed E-state index contributed by atoms with van der Waals surface area (Å²) < 4.78 is 26.3. The van der Waals surface area contributed by atoms with Gasteiger partial charge in [0.05, 0.1) is 0 Å². The Morgan fingerprint density at radius 3 is 2.67 bits per heavy atom. The van der Waals surface area contributed by atoms with Crippen LogP contribution in [0.1, 0.15) is 18.9 Å². The molecule has 0 saturated heterocycles. The molecule has 0 radical (unpaired) electrons. The van der Waals surface area contributed by atoms with Crippen molar-refractivity contribution in [2.75, 3.05) is 6.54 Å². The van der Waals surface area contributed by atoms with Gasteiger partial charge < -0.3 is 5.32 Å². The van der Waals surface area contributed by atoms with Gasteiger partial charge >= 0.3 is 0 Å². The van der Waals surface area contributed by atoms with E-state index in [2.05, 4.69) is 12.2 Å². The quantitative estimate of drug-likeness (QED) is 0.725. The minimum Gasteiger partial charge on any atom is -0.313 e. The lowest BCUT2D eigenvalue weighted by molar-refractivity contribution is 0.506. The summed E-state index contributed by atoms with van der Waals surface area (Å²) in [6.07, 6.45) is 1.04. The Morgan fingerprint density at radius 2 is 1.95 bits per heavy atom. The standard InChI is InChI=1S/C16H16ClF2NS/c1-2-8-20-10-12-13(17)4-3-5-16(12)21-11-6-7-14(18)15(19)9-11/h3-7,9,20H,2,8,10H2,1H3. The Labute approximate surface area is 132 Å². The van der Waals surface area contributed by atoms with E-state index >= 15 is 0 Å². The van der Waals surface area contributed by atoms with Crippen LogP contribution in [-0.2, 0) is 6.54 Å². The van der Waals surface area contributed by atoms with Gasteiger partial charge in [-0.25, -0.2) is 8.78 Å². The molecular formula is C16H16ClF2NS.